The highest BCUT2D eigenvalue weighted by atomic mass is 19.4. The number of nitrogens with zero attached hydrogens (tertiary/aromatic N) is 2. The van der Waals surface area contributed by atoms with E-state index < -0.39 is 12.7 Å². The van der Waals surface area contributed by atoms with Gasteiger partial charge in [0.2, 0.25) is 0 Å². The molecule has 0 radical (unpaired) electrons. The Morgan fingerprint density at radius 2 is 1.87 bits per heavy atom. The topological polar surface area (TPSA) is 89.3 Å². The zero-order valence-electron chi connectivity index (χ0n) is 21.6. The summed E-state index contributed by atoms with van der Waals surface area (Å²) in [5, 5.41) is 2.82. The number of anilines is 2. The first-order valence-electron chi connectivity index (χ1n) is 13.6. The van der Waals surface area contributed by atoms with Crippen molar-refractivity contribution in [2.45, 2.75) is 57.5 Å². The van der Waals surface area contributed by atoms with E-state index >= 15 is 0 Å². The van der Waals surface area contributed by atoms with E-state index in [1.54, 1.807) is 6.20 Å². The summed E-state index contributed by atoms with van der Waals surface area (Å²) in [5.41, 5.74) is 18.7. The summed E-state index contributed by atoms with van der Waals surface area (Å²) in [5.74, 6) is 0.857. The van der Waals surface area contributed by atoms with Gasteiger partial charge in [0.1, 0.15) is 12.4 Å². The van der Waals surface area contributed by atoms with Gasteiger partial charge >= 0.3 is 6.18 Å². The van der Waals surface area contributed by atoms with E-state index in [4.69, 9.17) is 11.5 Å². The minimum Gasteiger partial charge on any atom is -0.395 e. The number of nitrogens with one attached hydrogen (secondary N) is 1. The third-order valence-electron chi connectivity index (χ3n) is 7.70. The number of hydrogen-bond donors (Lipinski definition) is 3. The van der Waals surface area contributed by atoms with Crippen molar-refractivity contribution < 1.29 is 13.2 Å². The molecule has 202 valence electrons. The molecule has 0 saturated heterocycles. The number of nitrogen functional groups attached to an aromatic ring is 2. The number of hydrogen-bond acceptors (Lipinski definition) is 5. The summed E-state index contributed by atoms with van der Waals surface area (Å²) in [6, 6.07) is 1.86. The Hall–Kier alpha value is -3.29. The van der Waals surface area contributed by atoms with Crippen LogP contribution in [-0.4, -0.2) is 30.5 Å². The van der Waals surface area contributed by atoms with Crippen LogP contribution in [0.1, 0.15) is 56.9 Å². The normalized spacial score (nSPS) is 26.3. The number of halogens is 3. The maximum Gasteiger partial charge on any atom is 0.405 e. The molecular weight excluding hydrogens is 487 g/mol. The van der Waals surface area contributed by atoms with Gasteiger partial charge in [-0.25, -0.2) is 4.98 Å². The Balaban J connectivity index is 1.43. The Bertz CT molecular complexity index is 1220. The van der Waals surface area contributed by atoms with Gasteiger partial charge < -0.3 is 16.8 Å². The molecule has 2 fully saturated rings. The fourth-order valence-corrected chi connectivity index (χ4v) is 5.46. The van der Waals surface area contributed by atoms with Crippen LogP contribution in [0.5, 0.6) is 0 Å². The summed E-state index contributed by atoms with van der Waals surface area (Å²) < 4.78 is 39.4. The number of pyridine rings is 1. The molecule has 0 bridgehead atoms. The standard InChI is InChI=1S/C30H36F3N5/c31-30(32,33)18-38-28(22-10-11-22)26(21-8-9-21)20-5-3-1-2-4-19(6-7-20)23-12-14-36-17-24(16-23)25-13-15-37-29(35)27(25)34/h4-7,13,15-17,21,23,26,38H,1-3,8-12,14,18,34H2,(H2,35,37)/b7-6-,19-4+,20-5+. The summed E-state index contributed by atoms with van der Waals surface area (Å²) in [6.07, 6.45) is 18.0. The van der Waals surface area contributed by atoms with Crippen molar-refractivity contribution >= 4 is 23.3 Å². The maximum absolute atomic E-state index is 13.1. The second-order valence-corrected chi connectivity index (χ2v) is 10.7. The van der Waals surface area contributed by atoms with Gasteiger partial charge in [-0.2, -0.15) is 13.2 Å². The van der Waals surface area contributed by atoms with Crippen LogP contribution in [0.4, 0.5) is 24.7 Å². The summed E-state index contributed by atoms with van der Waals surface area (Å²) in [7, 11) is 0. The Kier molecular flexibility index (Phi) is 7.77. The van der Waals surface area contributed by atoms with Crippen LogP contribution in [0.2, 0.25) is 0 Å². The Labute approximate surface area is 222 Å². The second-order valence-electron chi connectivity index (χ2n) is 10.7. The Morgan fingerprint density at radius 3 is 2.61 bits per heavy atom. The van der Waals surface area contributed by atoms with Crippen molar-refractivity contribution in [1.29, 1.82) is 0 Å². The number of alkyl halides is 3. The van der Waals surface area contributed by atoms with E-state index in [1.807, 2.05) is 12.3 Å². The number of allylic oxidation sites excluding steroid dienone is 9. The van der Waals surface area contributed by atoms with E-state index in [-0.39, 0.29) is 11.8 Å². The van der Waals surface area contributed by atoms with Gasteiger partial charge in [0.15, 0.2) is 0 Å². The molecule has 0 spiro atoms. The van der Waals surface area contributed by atoms with Crippen molar-refractivity contribution in [3.8, 4) is 0 Å². The molecule has 1 aliphatic heterocycles. The van der Waals surface area contributed by atoms with Crippen LogP contribution in [-0.2, 0) is 0 Å². The van der Waals surface area contributed by atoms with Gasteiger partial charge in [-0.1, -0.05) is 30.4 Å². The van der Waals surface area contributed by atoms with E-state index in [2.05, 4.69) is 45.7 Å². The fourth-order valence-electron chi connectivity index (χ4n) is 5.46. The van der Waals surface area contributed by atoms with Crippen LogP contribution in [0.25, 0.3) is 5.57 Å². The zero-order valence-corrected chi connectivity index (χ0v) is 21.6. The van der Waals surface area contributed by atoms with Crippen LogP contribution in [0, 0.1) is 17.8 Å². The first-order chi connectivity index (χ1) is 18.3. The molecule has 2 saturated carbocycles. The van der Waals surface area contributed by atoms with Crippen molar-refractivity contribution in [3.05, 3.63) is 70.6 Å². The lowest BCUT2D eigenvalue weighted by atomic mass is 9.87. The monoisotopic (exact) mass is 523 g/mol. The molecule has 4 aliphatic rings. The van der Waals surface area contributed by atoms with Gasteiger partial charge in [0, 0.05) is 42.1 Å². The number of aliphatic imine (C=N–C) groups is 1. The number of nitrogens with two attached hydrogens (primary N) is 2. The van der Waals surface area contributed by atoms with Crippen molar-refractivity contribution in [3.63, 3.8) is 0 Å². The van der Waals surface area contributed by atoms with Crippen molar-refractivity contribution in [1.82, 2.24) is 10.3 Å². The fraction of sp³-hybridized carbons (Fsp3) is 0.467. The molecule has 2 heterocycles. The van der Waals surface area contributed by atoms with Crippen LogP contribution >= 0.6 is 0 Å². The molecule has 2 atom stereocenters. The predicted molar refractivity (Wildman–Crippen MR) is 148 cm³/mol. The van der Waals surface area contributed by atoms with Crippen LogP contribution in [0.3, 0.4) is 0 Å². The van der Waals surface area contributed by atoms with E-state index in [1.165, 1.54) is 5.57 Å². The molecule has 3 aliphatic carbocycles. The first-order valence-corrected chi connectivity index (χ1v) is 13.6. The molecule has 38 heavy (non-hydrogen) atoms. The Morgan fingerprint density at radius 1 is 1.08 bits per heavy atom. The summed E-state index contributed by atoms with van der Waals surface area (Å²) >= 11 is 0. The van der Waals surface area contributed by atoms with Gasteiger partial charge in [0.05, 0.1) is 5.69 Å². The predicted octanol–water partition coefficient (Wildman–Crippen LogP) is 6.54. The highest BCUT2D eigenvalue weighted by molar-refractivity contribution is 6.12. The highest BCUT2D eigenvalue weighted by Crippen LogP contribution is 2.48. The number of aromatic nitrogens is 1. The molecule has 1 aromatic heterocycles. The molecule has 0 amide bonds. The van der Waals surface area contributed by atoms with Crippen molar-refractivity contribution in [2.24, 2.45) is 22.7 Å². The average Bonchev–Trinajstić information content (AvgIpc) is 3.76. The van der Waals surface area contributed by atoms with Crippen molar-refractivity contribution in [2.75, 3.05) is 24.6 Å². The van der Waals surface area contributed by atoms with E-state index in [0.717, 1.165) is 79.3 Å². The zero-order chi connectivity index (χ0) is 26.7. The van der Waals surface area contributed by atoms with E-state index in [0.29, 0.717) is 24.0 Å². The van der Waals surface area contributed by atoms with Gasteiger partial charge in [0.25, 0.3) is 0 Å². The first kappa shape index (κ1) is 26.3. The minimum absolute atomic E-state index is 0.00797. The largest absolute Gasteiger partial charge is 0.405 e. The lowest BCUT2D eigenvalue weighted by Gasteiger charge is -2.24. The van der Waals surface area contributed by atoms with Gasteiger partial charge in [-0.05, 0) is 85.6 Å². The maximum atomic E-state index is 13.1. The third-order valence-corrected chi connectivity index (χ3v) is 7.70. The van der Waals surface area contributed by atoms with Gasteiger partial charge in [-0.3, -0.25) is 4.99 Å². The van der Waals surface area contributed by atoms with Crippen LogP contribution in [0.15, 0.2) is 70.1 Å². The molecule has 2 unspecified atom stereocenters. The lowest BCUT2D eigenvalue weighted by Crippen LogP contribution is -2.32. The molecule has 5 rings (SSSR count). The molecular formula is C30H36F3N5. The smallest absolute Gasteiger partial charge is 0.395 e. The molecule has 5 N–H and O–H groups in total. The average molecular weight is 524 g/mol. The number of rotatable bonds is 7. The molecule has 5 nitrogen and oxygen atoms in total. The molecule has 8 heteroatoms. The molecule has 0 aromatic carbocycles. The van der Waals surface area contributed by atoms with Crippen LogP contribution < -0.4 is 16.8 Å². The molecule has 1 aromatic rings. The second kappa shape index (κ2) is 11.2. The SMILES string of the molecule is Nc1nccc(C2=CC(C3=C/CCC\C=C(C(C(NCC(F)(F)F)=C4CC4)C4CC4)/C=C\3)CCN=C2)c1N. The highest BCUT2D eigenvalue weighted by Gasteiger charge is 2.39. The summed E-state index contributed by atoms with van der Waals surface area (Å²) in [4.78, 5) is 8.67. The van der Waals surface area contributed by atoms with E-state index in [9.17, 15) is 13.2 Å². The summed E-state index contributed by atoms with van der Waals surface area (Å²) in [6.45, 7) is -0.281. The third kappa shape index (κ3) is 6.58. The van der Waals surface area contributed by atoms with Gasteiger partial charge in [-0.15, -0.1) is 0 Å². The minimum atomic E-state index is -4.23. The lowest BCUT2D eigenvalue weighted by molar-refractivity contribution is -0.123. The quantitative estimate of drug-likeness (QED) is 0.379.